The van der Waals surface area contributed by atoms with Gasteiger partial charge in [-0.3, -0.25) is 9.80 Å². The van der Waals surface area contributed by atoms with Gasteiger partial charge in [0, 0.05) is 51.3 Å². The van der Waals surface area contributed by atoms with E-state index in [9.17, 15) is 18.3 Å². The molecule has 0 spiro atoms. The van der Waals surface area contributed by atoms with Crippen LogP contribution in [0.25, 0.3) is 10.2 Å². The smallest absolute Gasteiger partial charge is 0.416 e. The zero-order valence-corrected chi connectivity index (χ0v) is 22.1. The zero-order chi connectivity index (χ0) is 26.9. The number of aliphatic hydroxyl groups excluding tert-OH is 1. The molecule has 0 saturated carbocycles. The molecule has 2 aliphatic heterocycles. The number of hydrogen-bond donors (Lipinski definition) is 1. The van der Waals surface area contributed by atoms with Gasteiger partial charge in [-0.15, -0.1) is 11.3 Å². The molecule has 3 aromatic rings. The van der Waals surface area contributed by atoms with Gasteiger partial charge in [0.15, 0.2) is 0 Å². The van der Waals surface area contributed by atoms with Gasteiger partial charge in [0.25, 0.3) is 0 Å². The Labute approximate surface area is 223 Å². The maximum Gasteiger partial charge on any atom is 0.416 e. The molecule has 7 nitrogen and oxygen atoms in total. The predicted octanol–water partition coefficient (Wildman–Crippen LogP) is 4.56. The molecule has 2 aliphatic rings. The quantitative estimate of drug-likeness (QED) is 0.445. The summed E-state index contributed by atoms with van der Waals surface area (Å²) in [6.45, 7) is 7.99. The second kappa shape index (κ2) is 11.2. The number of oxime groups is 1. The van der Waals surface area contributed by atoms with E-state index in [0.717, 1.165) is 47.0 Å². The summed E-state index contributed by atoms with van der Waals surface area (Å²) in [6, 6.07) is 11.1. The number of β-amino-alcohol motifs (C(OH)–C–C–N with tert-alkyl or cyclic N) is 1. The maximum absolute atomic E-state index is 12.8. The van der Waals surface area contributed by atoms with Gasteiger partial charge in [-0.2, -0.15) is 13.2 Å². The Morgan fingerprint density at radius 3 is 2.71 bits per heavy atom. The van der Waals surface area contributed by atoms with Crippen LogP contribution in [-0.2, 0) is 11.0 Å². The number of aliphatic hydroxyl groups is 1. The Morgan fingerprint density at radius 2 is 1.97 bits per heavy atom. The van der Waals surface area contributed by atoms with Crippen molar-refractivity contribution in [2.45, 2.75) is 44.7 Å². The van der Waals surface area contributed by atoms with Crippen molar-refractivity contribution in [1.29, 1.82) is 0 Å². The Kier molecular flexibility index (Phi) is 7.90. The van der Waals surface area contributed by atoms with E-state index in [1.54, 1.807) is 11.3 Å². The summed E-state index contributed by atoms with van der Waals surface area (Å²) in [5.74, 6) is 0.703. The average Bonchev–Trinajstić information content (AvgIpc) is 3.49. The number of rotatable bonds is 8. The fourth-order valence-corrected chi connectivity index (χ4v) is 5.78. The van der Waals surface area contributed by atoms with E-state index in [2.05, 4.69) is 26.9 Å². The second-order valence-corrected chi connectivity index (χ2v) is 11.2. The molecule has 0 unspecified atom stereocenters. The number of aryl methyl sites for hydroxylation is 1. The number of fused-ring (bicyclic) bond motifs is 1. The van der Waals surface area contributed by atoms with Gasteiger partial charge in [0.2, 0.25) is 0 Å². The number of aromatic nitrogens is 1. The molecule has 38 heavy (non-hydrogen) atoms. The van der Waals surface area contributed by atoms with Crippen molar-refractivity contribution in [2.75, 3.05) is 39.3 Å². The van der Waals surface area contributed by atoms with Crippen LogP contribution in [0.3, 0.4) is 0 Å². The molecule has 1 aromatic heterocycles. The number of alkyl halides is 3. The van der Waals surface area contributed by atoms with E-state index in [0.29, 0.717) is 36.5 Å². The molecule has 3 heterocycles. The summed E-state index contributed by atoms with van der Waals surface area (Å²) in [5, 5.41) is 15.7. The standard InChI is InChI=1S/C27H31F3N4O3S/c1-17-13-33(14-21(35)16-36-22-7-8-26-25(11-22)31-18(2)38-26)9-10-34(17)15-23-12-24(32-37-23)19-3-5-20(6-4-19)27(28,29)30/h3-8,11,17,21,23,35H,9-10,12-16H2,1-2H3/t17-,21+,23+/m0/s1. The second-order valence-electron chi connectivity index (χ2n) is 9.98. The molecule has 0 radical (unpaired) electrons. The summed E-state index contributed by atoms with van der Waals surface area (Å²) in [6.07, 6.45) is -4.55. The molecule has 1 saturated heterocycles. The summed E-state index contributed by atoms with van der Waals surface area (Å²) < 4.78 is 45.4. The van der Waals surface area contributed by atoms with Gasteiger partial charge in [-0.25, -0.2) is 4.98 Å². The highest BCUT2D eigenvalue weighted by Gasteiger charge is 2.32. The lowest BCUT2D eigenvalue weighted by molar-refractivity contribution is -0.137. The molecule has 1 fully saturated rings. The Morgan fingerprint density at radius 1 is 1.18 bits per heavy atom. The average molecular weight is 549 g/mol. The van der Waals surface area contributed by atoms with Crippen LogP contribution >= 0.6 is 11.3 Å². The van der Waals surface area contributed by atoms with Crippen molar-refractivity contribution in [2.24, 2.45) is 5.16 Å². The minimum absolute atomic E-state index is 0.140. The highest BCUT2D eigenvalue weighted by Crippen LogP contribution is 2.30. The first-order valence-corrected chi connectivity index (χ1v) is 13.5. The molecule has 0 aliphatic carbocycles. The van der Waals surface area contributed by atoms with Crippen molar-refractivity contribution in [3.8, 4) is 5.75 Å². The lowest BCUT2D eigenvalue weighted by atomic mass is 10.0. The van der Waals surface area contributed by atoms with Crippen LogP contribution < -0.4 is 4.74 Å². The van der Waals surface area contributed by atoms with E-state index in [1.165, 1.54) is 12.1 Å². The van der Waals surface area contributed by atoms with Crippen LogP contribution in [0.5, 0.6) is 5.75 Å². The first kappa shape index (κ1) is 26.9. The molecule has 11 heteroatoms. The summed E-state index contributed by atoms with van der Waals surface area (Å²) in [7, 11) is 0. The lowest BCUT2D eigenvalue weighted by Gasteiger charge is -2.41. The van der Waals surface area contributed by atoms with E-state index >= 15 is 0 Å². The molecule has 0 amide bonds. The van der Waals surface area contributed by atoms with Crippen molar-refractivity contribution in [1.82, 2.24) is 14.8 Å². The van der Waals surface area contributed by atoms with E-state index in [1.807, 2.05) is 25.1 Å². The molecule has 5 rings (SSSR count). The predicted molar refractivity (Wildman–Crippen MR) is 141 cm³/mol. The number of halogens is 3. The minimum Gasteiger partial charge on any atom is -0.491 e. The van der Waals surface area contributed by atoms with Gasteiger partial charge in [0.05, 0.1) is 26.5 Å². The van der Waals surface area contributed by atoms with Crippen LogP contribution in [0.4, 0.5) is 13.2 Å². The van der Waals surface area contributed by atoms with E-state index in [-0.39, 0.29) is 18.8 Å². The molecular weight excluding hydrogens is 517 g/mol. The number of thiazole rings is 1. The van der Waals surface area contributed by atoms with Gasteiger partial charge in [-0.1, -0.05) is 17.3 Å². The number of piperazine rings is 1. The third-order valence-electron chi connectivity index (χ3n) is 6.94. The third kappa shape index (κ3) is 6.45. The van der Waals surface area contributed by atoms with Crippen LogP contribution in [0.1, 0.15) is 29.5 Å². The fourth-order valence-electron chi connectivity index (χ4n) is 4.97. The highest BCUT2D eigenvalue weighted by molar-refractivity contribution is 7.18. The highest BCUT2D eigenvalue weighted by atomic mass is 32.1. The van der Waals surface area contributed by atoms with Crippen LogP contribution in [0, 0.1) is 6.92 Å². The van der Waals surface area contributed by atoms with Gasteiger partial charge >= 0.3 is 6.18 Å². The topological polar surface area (TPSA) is 70.4 Å². The molecule has 3 atom stereocenters. The maximum atomic E-state index is 12.8. The summed E-state index contributed by atoms with van der Waals surface area (Å²) >= 11 is 1.64. The third-order valence-corrected chi connectivity index (χ3v) is 7.89. The van der Waals surface area contributed by atoms with E-state index in [4.69, 9.17) is 9.57 Å². The monoisotopic (exact) mass is 548 g/mol. The SMILES string of the molecule is Cc1nc2cc(OC[C@H](O)CN3CCN(C[C@H]4CC(c5ccc(C(F)(F)F)cc5)=NO4)[C@@H](C)C3)ccc2s1. The summed E-state index contributed by atoms with van der Waals surface area (Å²) in [5.41, 5.74) is 1.55. The van der Waals surface area contributed by atoms with E-state index < -0.39 is 17.8 Å². The zero-order valence-electron chi connectivity index (χ0n) is 21.3. The van der Waals surface area contributed by atoms with Crippen molar-refractivity contribution < 1.29 is 27.9 Å². The minimum atomic E-state index is -4.35. The molecule has 204 valence electrons. The number of benzene rings is 2. The largest absolute Gasteiger partial charge is 0.491 e. The van der Waals surface area contributed by atoms with Gasteiger partial charge in [0.1, 0.15) is 24.6 Å². The van der Waals surface area contributed by atoms with Gasteiger partial charge in [-0.05, 0) is 43.7 Å². The van der Waals surface area contributed by atoms with Crippen LogP contribution in [-0.4, -0.2) is 83.2 Å². The number of hydrogen-bond acceptors (Lipinski definition) is 8. The molecule has 1 N–H and O–H groups in total. The Hall–Kier alpha value is -2.73. The molecule has 2 aromatic carbocycles. The molecule has 0 bridgehead atoms. The summed E-state index contributed by atoms with van der Waals surface area (Å²) in [4.78, 5) is 14.7. The van der Waals surface area contributed by atoms with Gasteiger partial charge < -0.3 is 14.7 Å². The first-order valence-electron chi connectivity index (χ1n) is 12.7. The normalized spacial score (nSPS) is 21.9. The first-order chi connectivity index (χ1) is 18.1. The lowest BCUT2D eigenvalue weighted by Crippen LogP contribution is -2.55. The molecular formula is C27H31F3N4O3S. The Bertz CT molecular complexity index is 1280. The fraction of sp³-hybridized carbons (Fsp3) is 0.481. The van der Waals surface area contributed by atoms with Crippen LogP contribution in [0.15, 0.2) is 47.6 Å². The number of nitrogens with zero attached hydrogens (tertiary/aromatic N) is 4. The van der Waals surface area contributed by atoms with Crippen molar-refractivity contribution in [3.05, 3.63) is 58.6 Å². The number of ether oxygens (including phenoxy) is 1. The van der Waals surface area contributed by atoms with Crippen molar-refractivity contribution in [3.63, 3.8) is 0 Å². The Balaban J connectivity index is 1.05. The van der Waals surface area contributed by atoms with Crippen molar-refractivity contribution >= 4 is 27.3 Å². The van der Waals surface area contributed by atoms with Crippen LogP contribution in [0.2, 0.25) is 0 Å².